The van der Waals surface area contributed by atoms with Gasteiger partial charge in [-0.1, -0.05) is 19.9 Å². The zero-order chi connectivity index (χ0) is 8.32. The Morgan fingerprint density at radius 3 is 2.55 bits per heavy atom. The van der Waals surface area contributed by atoms with Crippen LogP contribution in [-0.2, 0) is 0 Å². The Kier molecular flexibility index (Phi) is 2.72. The van der Waals surface area contributed by atoms with Gasteiger partial charge in [-0.15, -0.1) is 6.58 Å². The van der Waals surface area contributed by atoms with Crippen LogP contribution in [0.4, 0.5) is 0 Å². The van der Waals surface area contributed by atoms with Crippen molar-refractivity contribution in [3.8, 4) is 0 Å². The first-order valence-corrected chi connectivity index (χ1v) is 4.53. The van der Waals surface area contributed by atoms with Gasteiger partial charge in [0.1, 0.15) is 0 Å². The Morgan fingerprint density at radius 2 is 2.18 bits per heavy atom. The third-order valence-electron chi connectivity index (χ3n) is 2.88. The largest absolute Gasteiger partial charge is 0.313 e. The Morgan fingerprint density at radius 1 is 1.55 bits per heavy atom. The van der Waals surface area contributed by atoms with E-state index in [2.05, 4.69) is 25.7 Å². The van der Waals surface area contributed by atoms with Gasteiger partial charge in [-0.2, -0.15) is 0 Å². The SMILES string of the molecule is C=CCNCC1(C(C)C)CC1. The highest BCUT2D eigenvalue weighted by Crippen LogP contribution is 2.51. The van der Waals surface area contributed by atoms with Crippen LogP contribution in [0, 0.1) is 11.3 Å². The standard InChI is InChI=1S/C10H19N/c1-4-7-11-8-10(5-6-10)9(2)3/h4,9,11H,1,5-8H2,2-3H3. The summed E-state index contributed by atoms with van der Waals surface area (Å²) in [5.74, 6) is 0.833. The second-order valence-corrected chi connectivity index (χ2v) is 3.94. The summed E-state index contributed by atoms with van der Waals surface area (Å²) in [7, 11) is 0. The van der Waals surface area contributed by atoms with Crippen LogP contribution < -0.4 is 5.32 Å². The van der Waals surface area contributed by atoms with Crippen LogP contribution >= 0.6 is 0 Å². The second-order valence-electron chi connectivity index (χ2n) is 3.94. The number of hydrogen-bond donors (Lipinski definition) is 1. The molecule has 1 N–H and O–H groups in total. The summed E-state index contributed by atoms with van der Waals surface area (Å²) in [5, 5.41) is 3.40. The van der Waals surface area contributed by atoms with Gasteiger partial charge in [0.25, 0.3) is 0 Å². The van der Waals surface area contributed by atoms with Crippen molar-refractivity contribution in [1.82, 2.24) is 5.32 Å². The Labute approximate surface area is 69.9 Å². The van der Waals surface area contributed by atoms with Crippen molar-refractivity contribution in [1.29, 1.82) is 0 Å². The minimum Gasteiger partial charge on any atom is -0.313 e. The Bertz CT molecular complexity index is 134. The van der Waals surface area contributed by atoms with Gasteiger partial charge in [0, 0.05) is 13.1 Å². The molecule has 1 heteroatoms. The highest BCUT2D eigenvalue weighted by molar-refractivity contribution is 4.97. The summed E-state index contributed by atoms with van der Waals surface area (Å²) >= 11 is 0. The van der Waals surface area contributed by atoms with Crippen molar-refractivity contribution >= 4 is 0 Å². The molecule has 0 atom stereocenters. The molecule has 0 heterocycles. The smallest absolute Gasteiger partial charge is 0.0132 e. The first-order valence-electron chi connectivity index (χ1n) is 4.53. The lowest BCUT2D eigenvalue weighted by atomic mass is 9.92. The van der Waals surface area contributed by atoms with E-state index in [1.54, 1.807) is 0 Å². The maximum absolute atomic E-state index is 3.68. The van der Waals surface area contributed by atoms with Crippen molar-refractivity contribution in [2.45, 2.75) is 26.7 Å². The Balaban J connectivity index is 2.19. The molecular formula is C10H19N. The molecule has 0 amide bonds. The van der Waals surface area contributed by atoms with Crippen LogP contribution in [0.15, 0.2) is 12.7 Å². The monoisotopic (exact) mass is 153 g/mol. The van der Waals surface area contributed by atoms with Gasteiger partial charge in [-0.3, -0.25) is 0 Å². The molecule has 0 aromatic heterocycles. The summed E-state index contributed by atoms with van der Waals surface area (Å²) in [6.45, 7) is 10.5. The van der Waals surface area contributed by atoms with E-state index in [4.69, 9.17) is 0 Å². The van der Waals surface area contributed by atoms with Crippen molar-refractivity contribution in [3.05, 3.63) is 12.7 Å². The highest BCUT2D eigenvalue weighted by Gasteiger charge is 2.44. The first kappa shape index (κ1) is 8.79. The van der Waals surface area contributed by atoms with Crippen molar-refractivity contribution < 1.29 is 0 Å². The van der Waals surface area contributed by atoms with Gasteiger partial charge in [0.15, 0.2) is 0 Å². The average Bonchev–Trinajstić information content (AvgIpc) is 2.70. The fourth-order valence-electron chi connectivity index (χ4n) is 1.54. The van der Waals surface area contributed by atoms with E-state index >= 15 is 0 Å². The molecule has 1 saturated carbocycles. The number of rotatable bonds is 5. The molecule has 1 nitrogen and oxygen atoms in total. The maximum atomic E-state index is 3.68. The summed E-state index contributed by atoms with van der Waals surface area (Å²) in [6, 6.07) is 0. The topological polar surface area (TPSA) is 12.0 Å². The minimum atomic E-state index is 0.642. The Hall–Kier alpha value is -0.300. The minimum absolute atomic E-state index is 0.642. The van der Waals surface area contributed by atoms with Crippen LogP contribution in [0.5, 0.6) is 0 Å². The summed E-state index contributed by atoms with van der Waals surface area (Å²) < 4.78 is 0. The molecule has 1 fully saturated rings. The van der Waals surface area contributed by atoms with Crippen molar-refractivity contribution in [2.24, 2.45) is 11.3 Å². The average molecular weight is 153 g/mol. The van der Waals surface area contributed by atoms with Crippen molar-refractivity contribution in [3.63, 3.8) is 0 Å². The summed E-state index contributed by atoms with van der Waals surface area (Å²) in [5.41, 5.74) is 0.642. The molecule has 0 unspecified atom stereocenters. The van der Waals surface area contributed by atoms with Gasteiger partial charge >= 0.3 is 0 Å². The molecule has 0 spiro atoms. The lowest BCUT2D eigenvalue weighted by Crippen LogP contribution is -2.27. The zero-order valence-corrected chi connectivity index (χ0v) is 7.69. The van der Waals surface area contributed by atoms with Crippen LogP contribution in [0.3, 0.4) is 0 Å². The van der Waals surface area contributed by atoms with Crippen LogP contribution in [-0.4, -0.2) is 13.1 Å². The predicted molar refractivity (Wildman–Crippen MR) is 49.6 cm³/mol. The fourth-order valence-corrected chi connectivity index (χ4v) is 1.54. The second kappa shape index (κ2) is 3.40. The third kappa shape index (κ3) is 2.06. The maximum Gasteiger partial charge on any atom is 0.0132 e. The van der Waals surface area contributed by atoms with E-state index in [1.807, 2.05) is 6.08 Å². The molecule has 1 aliphatic carbocycles. The fraction of sp³-hybridized carbons (Fsp3) is 0.800. The molecule has 0 bridgehead atoms. The van der Waals surface area contributed by atoms with E-state index in [9.17, 15) is 0 Å². The molecule has 0 saturated heterocycles. The first-order chi connectivity index (χ1) is 5.21. The highest BCUT2D eigenvalue weighted by atomic mass is 14.9. The molecule has 1 aliphatic rings. The normalized spacial score (nSPS) is 20.3. The van der Waals surface area contributed by atoms with Gasteiger partial charge in [-0.05, 0) is 24.2 Å². The van der Waals surface area contributed by atoms with E-state index < -0.39 is 0 Å². The molecule has 0 aromatic carbocycles. The van der Waals surface area contributed by atoms with Gasteiger partial charge < -0.3 is 5.32 Å². The van der Waals surface area contributed by atoms with Crippen LogP contribution in [0.1, 0.15) is 26.7 Å². The predicted octanol–water partition coefficient (Wildman–Crippen LogP) is 2.20. The molecule has 0 aliphatic heterocycles. The number of nitrogens with one attached hydrogen (secondary N) is 1. The zero-order valence-electron chi connectivity index (χ0n) is 7.69. The van der Waals surface area contributed by atoms with Crippen LogP contribution in [0.2, 0.25) is 0 Å². The molecule has 1 rings (SSSR count). The lowest BCUT2D eigenvalue weighted by molar-refractivity contribution is 0.344. The van der Waals surface area contributed by atoms with Gasteiger partial charge in [0.2, 0.25) is 0 Å². The van der Waals surface area contributed by atoms with E-state index in [-0.39, 0.29) is 0 Å². The van der Waals surface area contributed by atoms with Crippen LogP contribution in [0.25, 0.3) is 0 Å². The number of hydrogen-bond acceptors (Lipinski definition) is 1. The summed E-state index contributed by atoms with van der Waals surface area (Å²) in [4.78, 5) is 0. The molecule has 64 valence electrons. The van der Waals surface area contributed by atoms with E-state index in [1.165, 1.54) is 19.4 Å². The lowest BCUT2D eigenvalue weighted by Gasteiger charge is -2.19. The van der Waals surface area contributed by atoms with Gasteiger partial charge in [-0.25, -0.2) is 0 Å². The molecule has 11 heavy (non-hydrogen) atoms. The molecule has 0 aromatic rings. The molecular weight excluding hydrogens is 134 g/mol. The third-order valence-corrected chi connectivity index (χ3v) is 2.88. The van der Waals surface area contributed by atoms with E-state index in [0.717, 1.165) is 12.5 Å². The quantitative estimate of drug-likeness (QED) is 0.471. The van der Waals surface area contributed by atoms with E-state index in [0.29, 0.717) is 5.41 Å². The van der Waals surface area contributed by atoms with Gasteiger partial charge in [0.05, 0.1) is 0 Å². The van der Waals surface area contributed by atoms with Crippen molar-refractivity contribution in [2.75, 3.05) is 13.1 Å². The summed E-state index contributed by atoms with van der Waals surface area (Å²) in [6.07, 6.45) is 4.75. The molecule has 0 radical (unpaired) electrons.